The van der Waals surface area contributed by atoms with E-state index in [0.29, 0.717) is 37.7 Å². The van der Waals surface area contributed by atoms with Crippen molar-refractivity contribution in [3.05, 3.63) is 35.8 Å². The highest BCUT2D eigenvalue weighted by molar-refractivity contribution is 5.98. The number of nitrogens with two attached hydrogens (primary N) is 2. The van der Waals surface area contributed by atoms with Gasteiger partial charge in [0, 0.05) is 25.0 Å². The zero-order chi connectivity index (χ0) is 20.1. The minimum atomic E-state index is -0.755. The molecule has 2 heterocycles. The minimum absolute atomic E-state index is 0.0160. The molecule has 1 aliphatic rings. The summed E-state index contributed by atoms with van der Waals surface area (Å²) in [6, 6.07) is 4.60. The second-order valence-corrected chi connectivity index (χ2v) is 6.03. The third-order valence-electron chi connectivity index (χ3n) is 4.04. The molecule has 11 heteroatoms. The number of halogens is 1. The molecule has 1 aliphatic heterocycles. The number of benzene rings is 1. The first-order valence-corrected chi connectivity index (χ1v) is 8.52. The monoisotopic (exact) mass is 389 g/mol. The Morgan fingerprint density at radius 2 is 2.00 bits per heavy atom. The number of rotatable bonds is 7. The van der Waals surface area contributed by atoms with Crippen LogP contribution in [0.3, 0.4) is 0 Å². The van der Waals surface area contributed by atoms with E-state index in [0.717, 1.165) is 0 Å². The smallest absolute Gasteiger partial charge is 0.254 e. The van der Waals surface area contributed by atoms with Crippen molar-refractivity contribution in [1.29, 1.82) is 0 Å². The van der Waals surface area contributed by atoms with Crippen molar-refractivity contribution < 1.29 is 18.7 Å². The van der Waals surface area contributed by atoms with Gasteiger partial charge in [-0.3, -0.25) is 9.59 Å². The lowest BCUT2D eigenvalue weighted by atomic mass is 10.2. The summed E-state index contributed by atoms with van der Waals surface area (Å²) < 4.78 is 19.9. The zero-order valence-electron chi connectivity index (χ0n) is 14.9. The summed E-state index contributed by atoms with van der Waals surface area (Å²) >= 11 is 0. The van der Waals surface area contributed by atoms with E-state index in [1.54, 1.807) is 12.1 Å². The van der Waals surface area contributed by atoms with E-state index < -0.39 is 17.6 Å². The van der Waals surface area contributed by atoms with Crippen molar-refractivity contribution in [1.82, 2.24) is 9.97 Å². The van der Waals surface area contributed by atoms with Gasteiger partial charge in [-0.25, -0.2) is 9.37 Å². The molecular weight excluding hydrogens is 369 g/mol. The number of hydrogen-bond acceptors (Lipinski definition) is 8. The van der Waals surface area contributed by atoms with Gasteiger partial charge in [-0.15, -0.1) is 0 Å². The Hall–Kier alpha value is -3.47. The van der Waals surface area contributed by atoms with Crippen LogP contribution >= 0.6 is 0 Å². The number of hydrogen-bond donors (Lipinski definition) is 4. The second-order valence-electron chi connectivity index (χ2n) is 6.03. The number of carbonyl (C=O) groups excluding carboxylic acids is 2. The highest BCUT2D eigenvalue weighted by atomic mass is 19.1. The molecule has 0 aliphatic carbocycles. The molecule has 0 saturated carbocycles. The van der Waals surface area contributed by atoms with E-state index in [1.165, 1.54) is 12.3 Å². The number of nitrogens with one attached hydrogen (secondary N) is 2. The number of ether oxygens (including phenoxy) is 1. The molecule has 10 nitrogen and oxygen atoms in total. The fourth-order valence-corrected chi connectivity index (χ4v) is 2.69. The average molecular weight is 389 g/mol. The fraction of sp³-hybridized carbons (Fsp3) is 0.294. The third-order valence-corrected chi connectivity index (χ3v) is 4.04. The van der Waals surface area contributed by atoms with Gasteiger partial charge in [0.25, 0.3) is 5.91 Å². The van der Waals surface area contributed by atoms with Crippen molar-refractivity contribution in [3.63, 3.8) is 0 Å². The van der Waals surface area contributed by atoms with Gasteiger partial charge in [0.2, 0.25) is 11.9 Å². The predicted molar refractivity (Wildman–Crippen MR) is 101 cm³/mol. The minimum Gasteiger partial charge on any atom is -0.378 e. The number of nitrogens with zero attached hydrogens (tertiary/aromatic N) is 3. The van der Waals surface area contributed by atoms with Gasteiger partial charge >= 0.3 is 0 Å². The number of carbonyl (C=O) groups is 2. The van der Waals surface area contributed by atoms with Gasteiger partial charge < -0.3 is 31.7 Å². The van der Waals surface area contributed by atoms with Crippen LogP contribution in [0.25, 0.3) is 0 Å². The average Bonchev–Trinajstić information content (AvgIpc) is 2.67. The molecule has 2 aromatic rings. The molecule has 2 amide bonds. The number of morpholine rings is 1. The van der Waals surface area contributed by atoms with Gasteiger partial charge in [0.05, 0.1) is 25.4 Å². The van der Waals surface area contributed by atoms with Gasteiger partial charge in [-0.1, -0.05) is 0 Å². The van der Waals surface area contributed by atoms with E-state index in [-0.39, 0.29) is 23.9 Å². The topological polar surface area (TPSA) is 148 Å². The summed E-state index contributed by atoms with van der Waals surface area (Å²) in [4.78, 5) is 32.4. The van der Waals surface area contributed by atoms with Crippen molar-refractivity contribution in [2.75, 3.05) is 48.4 Å². The zero-order valence-corrected chi connectivity index (χ0v) is 14.9. The Morgan fingerprint density at radius 3 is 2.64 bits per heavy atom. The highest BCUT2D eigenvalue weighted by Crippen LogP contribution is 2.26. The Morgan fingerprint density at radius 1 is 1.25 bits per heavy atom. The maximum Gasteiger partial charge on any atom is 0.254 e. The predicted octanol–water partition coefficient (Wildman–Crippen LogP) is 0.192. The molecule has 0 radical (unpaired) electrons. The van der Waals surface area contributed by atoms with Gasteiger partial charge in [0.1, 0.15) is 17.2 Å². The summed E-state index contributed by atoms with van der Waals surface area (Å²) in [5.41, 5.74) is 11.3. The fourth-order valence-electron chi connectivity index (χ4n) is 2.69. The van der Waals surface area contributed by atoms with Crippen molar-refractivity contribution >= 4 is 35.0 Å². The quantitative estimate of drug-likeness (QED) is 0.524. The lowest BCUT2D eigenvalue weighted by Crippen LogP contribution is -2.36. The Balaban J connectivity index is 1.83. The molecule has 0 spiro atoms. The van der Waals surface area contributed by atoms with Crippen LogP contribution < -0.4 is 27.0 Å². The Labute approximate surface area is 160 Å². The molecule has 1 saturated heterocycles. The lowest BCUT2D eigenvalue weighted by Gasteiger charge is -2.29. The van der Waals surface area contributed by atoms with Crippen LogP contribution in [-0.2, 0) is 9.53 Å². The molecule has 1 aromatic carbocycles. The van der Waals surface area contributed by atoms with Gasteiger partial charge in [0.15, 0.2) is 0 Å². The molecule has 0 unspecified atom stereocenters. The maximum absolute atomic E-state index is 14.6. The van der Waals surface area contributed by atoms with Crippen LogP contribution in [0.5, 0.6) is 0 Å². The molecule has 0 atom stereocenters. The second kappa shape index (κ2) is 8.48. The first kappa shape index (κ1) is 19.3. The summed E-state index contributed by atoms with van der Waals surface area (Å²) in [5, 5.41) is 5.48. The number of aromatic nitrogens is 2. The van der Waals surface area contributed by atoms with Crippen LogP contribution in [-0.4, -0.2) is 54.6 Å². The van der Waals surface area contributed by atoms with E-state index in [4.69, 9.17) is 16.2 Å². The van der Waals surface area contributed by atoms with Crippen LogP contribution in [0.2, 0.25) is 0 Å². The number of amides is 2. The summed E-state index contributed by atoms with van der Waals surface area (Å²) in [5.74, 6) is -1.63. The number of anilines is 4. The molecule has 28 heavy (non-hydrogen) atoms. The Bertz CT molecular complexity index is 887. The summed E-state index contributed by atoms with van der Waals surface area (Å²) in [7, 11) is 0. The Kier molecular flexibility index (Phi) is 5.84. The van der Waals surface area contributed by atoms with Crippen molar-refractivity contribution in [2.45, 2.75) is 0 Å². The summed E-state index contributed by atoms with van der Waals surface area (Å²) in [6.45, 7) is 2.12. The van der Waals surface area contributed by atoms with Crippen LogP contribution in [0.1, 0.15) is 10.4 Å². The van der Waals surface area contributed by atoms with Crippen molar-refractivity contribution in [2.24, 2.45) is 11.5 Å². The SMILES string of the molecule is NC(=O)CNc1ncc(C(N)=O)c(Nc2ccc(N3CCOCC3)c(F)c2)n1. The van der Waals surface area contributed by atoms with Crippen LogP contribution in [0.15, 0.2) is 24.4 Å². The molecule has 148 valence electrons. The van der Waals surface area contributed by atoms with E-state index >= 15 is 0 Å². The first-order valence-electron chi connectivity index (χ1n) is 8.52. The maximum atomic E-state index is 14.6. The van der Waals surface area contributed by atoms with Crippen molar-refractivity contribution in [3.8, 4) is 0 Å². The lowest BCUT2D eigenvalue weighted by molar-refractivity contribution is -0.116. The molecule has 3 rings (SSSR count). The van der Waals surface area contributed by atoms with Gasteiger partial charge in [-0.05, 0) is 18.2 Å². The van der Waals surface area contributed by atoms with Crippen LogP contribution in [0, 0.1) is 5.82 Å². The van der Waals surface area contributed by atoms with Crippen LogP contribution in [0.4, 0.5) is 27.5 Å². The van der Waals surface area contributed by atoms with E-state index in [2.05, 4.69) is 20.6 Å². The normalized spacial score (nSPS) is 13.8. The summed E-state index contributed by atoms with van der Waals surface area (Å²) in [6.07, 6.45) is 1.21. The standard InChI is InChI=1S/C17H20FN7O3/c18-12-7-10(1-2-13(12)25-3-5-28-6-4-25)23-16-11(15(20)27)8-21-17(24-16)22-9-14(19)26/h1-2,7-8H,3-6,9H2,(H2,19,26)(H2,20,27)(H2,21,22,23,24). The van der Waals surface area contributed by atoms with E-state index in [9.17, 15) is 14.0 Å². The molecule has 0 bridgehead atoms. The first-order chi connectivity index (χ1) is 13.4. The largest absolute Gasteiger partial charge is 0.378 e. The third kappa shape index (κ3) is 4.62. The molecule has 1 fully saturated rings. The number of primary amides is 2. The molecule has 6 N–H and O–H groups in total. The molecule has 1 aromatic heterocycles. The highest BCUT2D eigenvalue weighted by Gasteiger charge is 2.17. The van der Waals surface area contributed by atoms with Gasteiger partial charge in [-0.2, -0.15) is 4.98 Å². The molecular formula is C17H20FN7O3. The van der Waals surface area contributed by atoms with E-state index in [1.807, 2.05) is 4.90 Å².